The normalized spacial score (nSPS) is 16.1. The molecular formula is C23H27ClN2O2. The predicted molar refractivity (Wildman–Crippen MR) is 112 cm³/mol. The molecule has 1 fully saturated rings. The molecule has 1 aliphatic heterocycles. The van der Waals surface area contributed by atoms with Crippen molar-refractivity contribution in [3.05, 3.63) is 70.7 Å². The van der Waals surface area contributed by atoms with Crippen molar-refractivity contribution in [3.8, 4) is 0 Å². The van der Waals surface area contributed by atoms with Crippen LogP contribution in [0.3, 0.4) is 0 Å². The number of amides is 2. The van der Waals surface area contributed by atoms with E-state index in [0.29, 0.717) is 31.0 Å². The topological polar surface area (TPSA) is 49.4 Å². The van der Waals surface area contributed by atoms with Gasteiger partial charge >= 0.3 is 0 Å². The van der Waals surface area contributed by atoms with Gasteiger partial charge in [-0.05, 0) is 36.1 Å². The van der Waals surface area contributed by atoms with E-state index in [2.05, 4.69) is 5.32 Å². The van der Waals surface area contributed by atoms with Crippen molar-refractivity contribution in [1.82, 2.24) is 10.2 Å². The first-order chi connectivity index (χ1) is 13.5. The quantitative estimate of drug-likeness (QED) is 0.809. The molecular weight excluding hydrogens is 372 g/mol. The Hall–Kier alpha value is -2.33. The van der Waals surface area contributed by atoms with E-state index < -0.39 is 0 Å². The molecule has 0 aliphatic carbocycles. The Morgan fingerprint density at radius 1 is 0.964 bits per heavy atom. The maximum atomic E-state index is 13.0. The molecule has 0 radical (unpaired) electrons. The van der Waals surface area contributed by atoms with Crippen LogP contribution in [0.1, 0.15) is 43.9 Å². The van der Waals surface area contributed by atoms with Gasteiger partial charge in [-0.2, -0.15) is 0 Å². The second kappa shape index (κ2) is 9.24. The van der Waals surface area contributed by atoms with Gasteiger partial charge < -0.3 is 10.2 Å². The molecule has 5 heteroatoms. The summed E-state index contributed by atoms with van der Waals surface area (Å²) in [5.74, 6) is 0.134. The average Bonchev–Trinajstić information content (AvgIpc) is 2.72. The van der Waals surface area contributed by atoms with Crippen molar-refractivity contribution >= 4 is 23.4 Å². The Kier molecular flexibility index (Phi) is 6.74. The average molecular weight is 399 g/mol. The Bertz CT molecular complexity index is 797. The summed E-state index contributed by atoms with van der Waals surface area (Å²) in [5.41, 5.74) is 2.03. The van der Waals surface area contributed by atoms with Crippen LogP contribution in [-0.2, 0) is 9.59 Å². The van der Waals surface area contributed by atoms with Crippen LogP contribution < -0.4 is 5.32 Å². The van der Waals surface area contributed by atoms with Crippen LogP contribution in [0.5, 0.6) is 0 Å². The molecule has 2 amide bonds. The molecule has 1 aliphatic rings. The number of halogens is 1. The zero-order valence-corrected chi connectivity index (χ0v) is 17.2. The number of benzene rings is 2. The van der Waals surface area contributed by atoms with E-state index in [9.17, 15) is 9.59 Å². The first-order valence-electron chi connectivity index (χ1n) is 9.85. The van der Waals surface area contributed by atoms with Gasteiger partial charge in [0, 0.05) is 29.9 Å². The Balaban J connectivity index is 1.70. The highest BCUT2D eigenvalue weighted by Crippen LogP contribution is 2.26. The summed E-state index contributed by atoms with van der Waals surface area (Å²) in [4.78, 5) is 27.0. The summed E-state index contributed by atoms with van der Waals surface area (Å²) in [7, 11) is 0. The molecule has 1 unspecified atom stereocenters. The SMILES string of the molecule is CC(C)C(=O)N1CCC(C(=O)NC(c2ccccc2)c2ccc(Cl)cc2)CC1. The minimum atomic E-state index is -0.221. The van der Waals surface area contributed by atoms with E-state index in [1.54, 1.807) is 0 Å². The van der Waals surface area contributed by atoms with E-state index >= 15 is 0 Å². The lowest BCUT2D eigenvalue weighted by Gasteiger charge is -2.33. The fraction of sp³-hybridized carbons (Fsp3) is 0.391. The zero-order valence-electron chi connectivity index (χ0n) is 16.4. The summed E-state index contributed by atoms with van der Waals surface area (Å²) in [6, 6.07) is 17.3. The number of piperidine rings is 1. The summed E-state index contributed by atoms with van der Waals surface area (Å²) < 4.78 is 0. The zero-order chi connectivity index (χ0) is 20.1. The first kappa shape index (κ1) is 20.4. The van der Waals surface area contributed by atoms with Crippen LogP contribution in [0.25, 0.3) is 0 Å². The molecule has 1 heterocycles. The van der Waals surface area contributed by atoms with Crippen LogP contribution in [-0.4, -0.2) is 29.8 Å². The fourth-order valence-electron chi connectivity index (χ4n) is 3.65. The van der Waals surface area contributed by atoms with Crippen molar-refractivity contribution in [2.45, 2.75) is 32.7 Å². The molecule has 1 atom stereocenters. The third-order valence-electron chi connectivity index (χ3n) is 5.29. The van der Waals surface area contributed by atoms with Crippen LogP contribution in [0, 0.1) is 11.8 Å². The standard InChI is InChI=1S/C23H27ClN2O2/c1-16(2)23(28)26-14-12-19(13-15-26)22(27)25-21(17-6-4-3-5-7-17)18-8-10-20(24)11-9-18/h3-11,16,19,21H,12-15H2,1-2H3,(H,25,27). The fourth-order valence-corrected chi connectivity index (χ4v) is 3.77. The lowest BCUT2D eigenvalue weighted by Crippen LogP contribution is -2.45. The van der Waals surface area contributed by atoms with E-state index in [4.69, 9.17) is 11.6 Å². The van der Waals surface area contributed by atoms with E-state index in [1.807, 2.05) is 73.3 Å². The van der Waals surface area contributed by atoms with Crippen molar-refractivity contribution < 1.29 is 9.59 Å². The number of hydrogen-bond acceptors (Lipinski definition) is 2. The molecule has 28 heavy (non-hydrogen) atoms. The number of nitrogens with zero attached hydrogens (tertiary/aromatic N) is 1. The second-order valence-corrected chi connectivity index (χ2v) is 8.09. The Morgan fingerprint density at radius 3 is 2.11 bits per heavy atom. The van der Waals surface area contributed by atoms with Gasteiger partial charge in [0.25, 0.3) is 0 Å². The smallest absolute Gasteiger partial charge is 0.225 e. The molecule has 0 saturated carbocycles. The molecule has 0 spiro atoms. The minimum Gasteiger partial charge on any atom is -0.345 e. The molecule has 0 aromatic heterocycles. The van der Waals surface area contributed by atoms with Gasteiger partial charge in [-0.1, -0.05) is 67.9 Å². The Labute approximate surface area is 171 Å². The van der Waals surface area contributed by atoms with Gasteiger partial charge in [0.05, 0.1) is 6.04 Å². The molecule has 148 valence electrons. The molecule has 3 rings (SSSR count). The summed E-state index contributed by atoms with van der Waals surface area (Å²) in [5, 5.41) is 3.89. The lowest BCUT2D eigenvalue weighted by molar-refractivity contribution is -0.138. The molecule has 2 aromatic rings. The van der Waals surface area contributed by atoms with Crippen LogP contribution in [0.2, 0.25) is 5.02 Å². The number of hydrogen-bond donors (Lipinski definition) is 1. The Morgan fingerprint density at radius 2 is 1.54 bits per heavy atom. The maximum absolute atomic E-state index is 13.0. The molecule has 2 aromatic carbocycles. The largest absolute Gasteiger partial charge is 0.345 e. The van der Waals surface area contributed by atoms with Crippen LogP contribution >= 0.6 is 11.6 Å². The summed E-state index contributed by atoms with van der Waals surface area (Å²) in [6.07, 6.45) is 1.40. The highest BCUT2D eigenvalue weighted by molar-refractivity contribution is 6.30. The highest BCUT2D eigenvalue weighted by atomic mass is 35.5. The van der Waals surface area contributed by atoms with Gasteiger partial charge in [-0.3, -0.25) is 9.59 Å². The first-order valence-corrected chi connectivity index (χ1v) is 10.2. The maximum Gasteiger partial charge on any atom is 0.225 e. The molecule has 1 saturated heterocycles. The minimum absolute atomic E-state index is 0.00209. The number of likely N-dealkylation sites (tertiary alicyclic amines) is 1. The number of nitrogens with one attached hydrogen (secondary N) is 1. The van der Waals surface area contributed by atoms with Crippen LogP contribution in [0.4, 0.5) is 0 Å². The van der Waals surface area contributed by atoms with Gasteiger partial charge in [-0.15, -0.1) is 0 Å². The van der Waals surface area contributed by atoms with Crippen molar-refractivity contribution in [2.24, 2.45) is 11.8 Å². The van der Waals surface area contributed by atoms with Crippen LogP contribution in [0.15, 0.2) is 54.6 Å². The van der Waals surface area contributed by atoms with Gasteiger partial charge in [0.2, 0.25) is 11.8 Å². The molecule has 0 bridgehead atoms. The van der Waals surface area contributed by atoms with Crippen molar-refractivity contribution in [3.63, 3.8) is 0 Å². The third-order valence-corrected chi connectivity index (χ3v) is 5.55. The number of rotatable bonds is 5. The predicted octanol–water partition coefficient (Wildman–Crippen LogP) is 4.44. The van der Waals surface area contributed by atoms with Gasteiger partial charge in [0.1, 0.15) is 0 Å². The van der Waals surface area contributed by atoms with E-state index in [0.717, 1.165) is 11.1 Å². The van der Waals surface area contributed by atoms with E-state index in [1.165, 1.54) is 0 Å². The lowest BCUT2D eigenvalue weighted by atomic mass is 9.93. The number of carbonyl (C=O) groups is 2. The van der Waals surface area contributed by atoms with Crippen molar-refractivity contribution in [2.75, 3.05) is 13.1 Å². The van der Waals surface area contributed by atoms with Gasteiger partial charge in [0.15, 0.2) is 0 Å². The highest BCUT2D eigenvalue weighted by Gasteiger charge is 2.29. The molecule has 4 nitrogen and oxygen atoms in total. The third kappa shape index (κ3) is 4.93. The summed E-state index contributed by atoms with van der Waals surface area (Å²) >= 11 is 6.03. The van der Waals surface area contributed by atoms with Crippen molar-refractivity contribution in [1.29, 1.82) is 0 Å². The van der Waals surface area contributed by atoms with E-state index in [-0.39, 0.29) is 29.7 Å². The van der Waals surface area contributed by atoms with Gasteiger partial charge in [-0.25, -0.2) is 0 Å². The molecule has 1 N–H and O–H groups in total. The second-order valence-electron chi connectivity index (χ2n) is 7.66. The summed E-state index contributed by atoms with van der Waals surface area (Å²) in [6.45, 7) is 5.12. The monoisotopic (exact) mass is 398 g/mol. The number of carbonyl (C=O) groups excluding carboxylic acids is 2.